The Bertz CT molecular complexity index is 737. The summed E-state index contributed by atoms with van der Waals surface area (Å²) in [5.41, 5.74) is 0.951. The number of thioether (sulfide) groups is 1. The summed E-state index contributed by atoms with van der Waals surface area (Å²) in [4.78, 5) is 14.4. The molecule has 0 saturated carbocycles. The number of benzene rings is 1. The number of hydrogen-bond acceptors (Lipinski definition) is 5. The average molecular weight is 390 g/mol. The summed E-state index contributed by atoms with van der Waals surface area (Å²) in [6.45, 7) is 8.78. The zero-order valence-electron chi connectivity index (χ0n) is 17.2. The van der Waals surface area contributed by atoms with Crippen molar-refractivity contribution in [2.75, 3.05) is 19.8 Å². The third kappa shape index (κ3) is 6.36. The fourth-order valence-corrected chi connectivity index (χ4v) is 3.68. The van der Waals surface area contributed by atoms with Crippen LogP contribution in [0.3, 0.4) is 0 Å². The van der Waals surface area contributed by atoms with E-state index in [2.05, 4.69) is 58.1 Å². The van der Waals surface area contributed by atoms with Gasteiger partial charge in [0.25, 0.3) is 0 Å². The Balaban J connectivity index is 2.25. The fourth-order valence-electron chi connectivity index (χ4n) is 2.93. The van der Waals surface area contributed by atoms with E-state index in [0.717, 1.165) is 17.4 Å². The Morgan fingerprint density at radius 2 is 1.89 bits per heavy atom. The van der Waals surface area contributed by atoms with Crippen LogP contribution in [-0.2, 0) is 11.3 Å². The van der Waals surface area contributed by atoms with E-state index in [1.807, 2.05) is 39.0 Å². The van der Waals surface area contributed by atoms with Crippen LogP contribution in [0.15, 0.2) is 35.5 Å². The molecule has 0 radical (unpaired) electrons. The van der Waals surface area contributed by atoms with Crippen molar-refractivity contribution in [1.82, 2.24) is 25.0 Å². The van der Waals surface area contributed by atoms with Gasteiger partial charge in [-0.05, 0) is 46.9 Å². The SMILES string of the molecule is CCC(c1nnc(SCC(=O)NC(C)(C)C)n1Cc1ccccc1)N(C)C. The van der Waals surface area contributed by atoms with Crippen molar-refractivity contribution in [3.63, 3.8) is 0 Å². The highest BCUT2D eigenvalue weighted by Gasteiger charge is 2.23. The van der Waals surface area contributed by atoms with E-state index in [9.17, 15) is 4.79 Å². The van der Waals surface area contributed by atoms with Crippen molar-refractivity contribution in [2.24, 2.45) is 0 Å². The average Bonchev–Trinajstić information content (AvgIpc) is 2.95. The second-order valence-electron chi connectivity index (χ2n) is 7.89. The van der Waals surface area contributed by atoms with Gasteiger partial charge in [0.05, 0.1) is 18.3 Å². The smallest absolute Gasteiger partial charge is 0.230 e. The maximum absolute atomic E-state index is 12.2. The largest absolute Gasteiger partial charge is 0.351 e. The third-order valence-electron chi connectivity index (χ3n) is 4.08. The van der Waals surface area contributed by atoms with E-state index < -0.39 is 0 Å². The molecule has 1 aromatic heterocycles. The minimum atomic E-state index is -0.237. The molecule has 1 heterocycles. The first-order chi connectivity index (χ1) is 12.7. The van der Waals surface area contributed by atoms with Crippen LogP contribution >= 0.6 is 11.8 Å². The first-order valence-corrected chi connectivity index (χ1v) is 10.3. The van der Waals surface area contributed by atoms with Gasteiger partial charge in [-0.3, -0.25) is 9.69 Å². The predicted molar refractivity (Wildman–Crippen MR) is 111 cm³/mol. The van der Waals surface area contributed by atoms with Gasteiger partial charge in [-0.15, -0.1) is 10.2 Å². The highest BCUT2D eigenvalue weighted by atomic mass is 32.2. The minimum absolute atomic E-state index is 0.00274. The zero-order chi connectivity index (χ0) is 20.0. The monoisotopic (exact) mass is 389 g/mol. The van der Waals surface area contributed by atoms with Gasteiger partial charge < -0.3 is 9.88 Å². The summed E-state index contributed by atoms with van der Waals surface area (Å²) in [6, 6.07) is 10.5. The van der Waals surface area contributed by atoms with Gasteiger partial charge in [0.15, 0.2) is 11.0 Å². The van der Waals surface area contributed by atoms with Gasteiger partial charge >= 0.3 is 0 Å². The van der Waals surface area contributed by atoms with E-state index >= 15 is 0 Å². The topological polar surface area (TPSA) is 63.1 Å². The van der Waals surface area contributed by atoms with E-state index in [0.29, 0.717) is 12.3 Å². The molecule has 6 nitrogen and oxygen atoms in total. The van der Waals surface area contributed by atoms with E-state index in [4.69, 9.17) is 0 Å². The van der Waals surface area contributed by atoms with Crippen LogP contribution in [0.1, 0.15) is 51.5 Å². The van der Waals surface area contributed by atoms with E-state index in [1.165, 1.54) is 17.3 Å². The molecule has 1 amide bonds. The number of aromatic nitrogens is 3. The molecule has 1 N–H and O–H groups in total. The predicted octanol–water partition coefficient (Wildman–Crippen LogP) is 3.35. The zero-order valence-corrected chi connectivity index (χ0v) is 18.0. The van der Waals surface area contributed by atoms with Gasteiger partial charge in [-0.25, -0.2) is 0 Å². The highest BCUT2D eigenvalue weighted by molar-refractivity contribution is 7.99. The van der Waals surface area contributed by atoms with Gasteiger partial charge in [-0.1, -0.05) is 49.0 Å². The van der Waals surface area contributed by atoms with Crippen molar-refractivity contribution < 1.29 is 4.79 Å². The van der Waals surface area contributed by atoms with Crippen molar-refractivity contribution in [3.8, 4) is 0 Å². The van der Waals surface area contributed by atoms with Crippen LogP contribution in [0.25, 0.3) is 0 Å². The van der Waals surface area contributed by atoms with Crippen molar-refractivity contribution in [2.45, 2.75) is 57.4 Å². The molecule has 2 aromatic rings. The van der Waals surface area contributed by atoms with Crippen molar-refractivity contribution in [3.05, 3.63) is 41.7 Å². The lowest BCUT2D eigenvalue weighted by atomic mass is 10.1. The number of amides is 1. The Labute approximate surface area is 166 Å². The molecule has 2 rings (SSSR count). The highest BCUT2D eigenvalue weighted by Crippen LogP contribution is 2.26. The van der Waals surface area contributed by atoms with Crippen LogP contribution in [0, 0.1) is 0 Å². The Morgan fingerprint density at radius 1 is 1.22 bits per heavy atom. The number of nitrogens with one attached hydrogen (secondary N) is 1. The fraction of sp³-hybridized carbons (Fsp3) is 0.550. The van der Waals surface area contributed by atoms with Crippen LogP contribution in [0.4, 0.5) is 0 Å². The normalized spacial score (nSPS) is 13.0. The number of nitrogens with zero attached hydrogens (tertiary/aromatic N) is 4. The maximum atomic E-state index is 12.2. The molecule has 0 spiro atoms. The number of carbonyl (C=O) groups excluding carboxylic acids is 1. The molecule has 0 aliphatic carbocycles. The molecule has 1 aromatic carbocycles. The molecule has 0 fully saturated rings. The summed E-state index contributed by atoms with van der Waals surface area (Å²) in [5.74, 6) is 1.26. The first kappa shape index (κ1) is 21.4. The molecule has 27 heavy (non-hydrogen) atoms. The van der Waals surface area contributed by atoms with Crippen LogP contribution in [0.2, 0.25) is 0 Å². The maximum Gasteiger partial charge on any atom is 0.230 e. The molecular formula is C20H31N5OS. The number of carbonyl (C=O) groups is 1. The molecule has 1 unspecified atom stereocenters. The molecule has 0 aliphatic rings. The second kappa shape index (κ2) is 9.37. The van der Waals surface area contributed by atoms with E-state index in [-0.39, 0.29) is 17.5 Å². The van der Waals surface area contributed by atoms with Crippen molar-refractivity contribution in [1.29, 1.82) is 0 Å². The summed E-state index contributed by atoms with van der Waals surface area (Å²) >= 11 is 1.43. The van der Waals surface area contributed by atoms with Gasteiger partial charge in [0.1, 0.15) is 0 Å². The van der Waals surface area contributed by atoms with Crippen LogP contribution < -0.4 is 5.32 Å². The van der Waals surface area contributed by atoms with Crippen molar-refractivity contribution >= 4 is 17.7 Å². The Kier molecular flexibility index (Phi) is 7.44. The van der Waals surface area contributed by atoms with Gasteiger partial charge in [0, 0.05) is 5.54 Å². The lowest BCUT2D eigenvalue weighted by Gasteiger charge is -2.23. The summed E-state index contributed by atoms with van der Waals surface area (Å²) in [6.07, 6.45) is 0.940. The molecule has 7 heteroatoms. The standard InChI is InChI=1S/C20H31N5OS/c1-7-16(24(5)6)18-22-23-19(27-14-17(26)21-20(2,3)4)25(18)13-15-11-9-8-10-12-15/h8-12,16H,7,13-14H2,1-6H3,(H,21,26). The van der Waals surface area contributed by atoms with Gasteiger partial charge in [-0.2, -0.15) is 0 Å². The quantitative estimate of drug-likeness (QED) is 0.702. The second-order valence-corrected chi connectivity index (χ2v) is 8.83. The third-order valence-corrected chi connectivity index (χ3v) is 5.05. The Morgan fingerprint density at radius 3 is 2.44 bits per heavy atom. The summed E-state index contributed by atoms with van der Waals surface area (Å²) in [7, 11) is 4.11. The molecule has 0 aliphatic heterocycles. The summed E-state index contributed by atoms with van der Waals surface area (Å²) < 4.78 is 2.14. The number of rotatable bonds is 8. The van der Waals surface area contributed by atoms with Crippen LogP contribution in [0.5, 0.6) is 0 Å². The number of hydrogen-bond donors (Lipinski definition) is 1. The molecular weight excluding hydrogens is 358 g/mol. The minimum Gasteiger partial charge on any atom is -0.351 e. The first-order valence-electron chi connectivity index (χ1n) is 9.28. The van der Waals surface area contributed by atoms with Crippen LogP contribution in [-0.4, -0.2) is 51.0 Å². The molecule has 1 atom stereocenters. The van der Waals surface area contributed by atoms with Gasteiger partial charge in [0.2, 0.25) is 5.91 Å². The molecule has 0 bridgehead atoms. The molecule has 148 valence electrons. The van der Waals surface area contributed by atoms with E-state index in [1.54, 1.807) is 0 Å². The Hall–Kier alpha value is -1.86. The lowest BCUT2D eigenvalue weighted by molar-refractivity contribution is -0.119. The molecule has 0 saturated heterocycles. The lowest BCUT2D eigenvalue weighted by Crippen LogP contribution is -2.41. The summed E-state index contributed by atoms with van der Waals surface area (Å²) in [5, 5.41) is 12.6.